The molecule has 0 radical (unpaired) electrons. The zero-order valence-electron chi connectivity index (χ0n) is 19.7. The van der Waals surface area contributed by atoms with Gasteiger partial charge in [0.25, 0.3) is 5.89 Å². The van der Waals surface area contributed by atoms with Gasteiger partial charge in [0.05, 0.1) is 0 Å². The van der Waals surface area contributed by atoms with Gasteiger partial charge in [0.2, 0.25) is 5.82 Å². The molecule has 2 saturated heterocycles. The van der Waals surface area contributed by atoms with E-state index in [2.05, 4.69) is 44.8 Å². The number of anilines is 1. The second-order valence-electron chi connectivity index (χ2n) is 9.41. The Kier molecular flexibility index (Phi) is 6.69. The van der Waals surface area contributed by atoms with Crippen molar-refractivity contribution < 1.29 is 4.52 Å². The minimum absolute atomic E-state index is 0.520. The average Bonchev–Trinajstić information content (AvgIpc) is 3.23. The Morgan fingerprint density at radius 2 is 1.67 bits per heavy atom. The molecule has 5 rings (SSSR count). The van der Waals surface area contributed by atoms with E-state index in [4.69, 9.17) is 9.51 Å². The molecule has 0 bridgehead atoms. The molecule has 0 atom stereocenters. The number of rotatable bonds is 5. The van der Waals surface area contributed by atoms with Crippen LogP contribution in [0.25, 0.3) is 23.0 Å². The van der Waals surface area contributed by atoms with Crippen molar-refractivity contribution >= 4 is 5.82 Å². The highest BCUT2D eigenvalue weighted by atomic mass is 16.5. The van der Waals surface area contributed by atoms with Crippen molar-refractivity contribution in [3.05, 3.63) is 48.5 Å². The van der Waals surface area contributed by atoms with Crippen LogP contribution >= 0.6 is 0 Å². The molecule has 2 aromatic heterocycles. The number of nitrogens with zero attached hydrogens (tertiary/aromatic N) is 6. The topological polar surface area (TPSA) is 61.5 Å². The summed E-state index contributed by atoms with van der Waals surface area (Å²) in [6.07, 6.45) is 3.73. The van der Waals surface area contributed by atoms with Crippen LogP contribution in [0.3, 0.4) is 0 Å². The average molecular weight is 447 g/mol. The molecule has 33 heavy (non-hydrogen) atoms. The van der Waals surface area contributed by atoms with Gasteiger partial charge >= 0.3 is 0 Å². The van der Waals surface area contributed by atoms with Gasteiger partial charge in [-0.05, 0) is 70.5 Å². The van der Waals surface area contributed by atoms with E-state index in [1.54, 1.807) is 0 Å². The molecule has 2 aliphatic rings. The van der Waals surface area contributed by atoms with Crippen molar-refractivity contribution in [3.8, 4) is 23.0 Å². The van der Waals surface area contributed by atoms with Crippen LogP contribution in [-0.4, -0.2) is 76.3 Å². The Bertz CT molecular complexity index is 1030. The first-order valence-electron chi connectivity index (χ1n) is 12.3. The number of piperidine rings is 1. The molecule has 7 nitrogen and oxygen atoms in total. The van der Waals surface area contributed by atoms with E-state index in [1.807, 2.05) is 42.5 Å². The number of likely N-dealkylation sites (tertiary alicyclic amines) is 1. The molecule has 4 heterocycles. The number of pyridine rings is 1. The number of benzene rings is 1. The van der Waals surface area contributed by atoms with Crippen molar-refractivity contribution in [2.45, 2.75) is 45.2 Å². The van der Waals surface area contributed by atoms with E-state index < -0.39 is 0 Å². The van der Waals surface area contributed by atoms with Crippen LogP contribution in [-0.2, 0) is 0 Å². The fourth-order valence-electron chi connectivity index (χ4n) is 5.05. The molecule has 0 aliphatic carbocycles. The van der Waals surface area contributed by atoms with Gasteiger partial charge in [-0.3, -0.25) is 4.90 Å². The molecule has 2 aliphatic heterocycles. The summed E-state index contributed by atoms with van der Waals surface area (Å²) in [5, 5.41) is 4.18. The number of hydrogen-bond acceptors (Lipinski definition) is 7. The Labute approximate surface area is 196 Å². The summed E-state index contributed by atoms with van der Waals surface area (Å²) >= 11 is 0. The van der Waals surface area contributed by atoms with Crippen LogP contribution in [0.5, 0.6) is 0 Å². The molecule has 1 aromatic carbocycles. The molecule has 0 saturated carbocycles. The van der Waals surface area contributed by atoms with Crippen LogP contribution in [0.4, 0.5) is 5.82 Å². The van der Waals surface area contributed by atoms with Gasteiger partial charge in [0.15, 0.2) is 0 Å². The molecule has 0 N–H and O–H groups in total. The number of hydrogen-bond donors (Lipinski definition) is 0. The molecule has 0 amide bonds. The first-order chi connectivity index (χ1) is 16.2. The third-order valence-corrected chi connectivity index (χ3v) is 7.01. The van der Waals surface area contributed by atoms with Gasteiger partial charge in [-0.1, -0.05) is 29.4 Å². The summed E-state index contributed by atoms with van der Waals surface area (Å²) in [5.41, 5.74) is 1.67. The smallest absolute Gasteiger partial charge is 0.258 e. The quantitative estimate of drug-likeness (QED) is 0.582. The lowest BCUT2D eigenvalue weighted by Gasteiger charge is -2.39. The summed E-state index contributed by atoms with van der Waals surface area (Å²) in [4.78, 5) is 17.2. The first kappa shape index (κ1) is 22.0. The highest BCUT2D eigenvalue weighted by Gasteiger charge is 2.27. The summed E-state index contributed by atoms with van der Waals surface area (Å²) in [5.74, 6) is 2.05. The van der Waals surface area contributed by atoms with E-state index in [0.717, 1.165) is 49.2 Å². The van der Waals surface area contributed by atoms with Crippen LogP contribution in [0.1, 0.15) is 33.1 Å². The van der Waals surface area contributed by atoms with Crippen LogP contribution < -0.4 is 4.90 Å². The largest absolute Gasteiger partial charge is 0.355 e. The van der Waals surface area contributed by atoms with E-state index in [1.165, 1.54) is 32.5 Å². The minimum atomic E-state index is 0.520. The number of aromatic nitrogens is 3. The lowest BCUT2D eigenvalue weighted by molar-refractivity contribution is 0.0965. The second kappa shape index (κ2) is 10.0. The zero-order valence-corrected chi connectivity index (χ0v) is 19.7. The van der Waals surface area contributed by atoms with E-state index in [9.17, 15) is 0 Å². The maximum atomic E-state index is 5.49. The SMILES string of the molecule is CC(C)N1CCC(N2CCCN(c3cccc(-c4noc(-c5ccccc5)n4)n3)CC2)CC1. The zero-order chi connectivity index (χ0) is 22.6. The van der Waals surface area contributed by atoms with Gasteiger partial charge in [-0.15, -0.1) is 0 Å². The van der Waals surface area contributed by atoms with Crippen LogP contribution in [0.2, 0.25) is 0 Å². The summed E-state index contributed by atoms with van der Waals surface area (Å²) in [6.45, 7) is 11.4. The van der Waals surface area contributed by atoms with Gasteiger partial charge in [0, 0.05) is 43.8 Å². The van der Waals surface area contributed by atoms with Crippen LogP contribution in [0, 0.1) is 0 Å². The van der Waals surface area contributed by atoms with Gasteiger partial charge < -0.3 is 14.3 Å². The summed E-state index contributed by atoms with van der Waals surface area (Å²) in [7, 11) is 0. The molecule has 7 heteroatoms. The highest BCUT2D eigenvalue weighted by Crippen LogP contribution is 2.24. The third kappa shape index (κ3) is 5.09. The lowest BCUT2D eigenvalue weighted by Crippen LogP contribution is -2.47. The molecule has 3 aromatic rings. The second-order valence-corrected chi connectivity index (χ2v) is 9.41. The molecule has 0 spiro atoms. The van der Waals surface area contributed by atoms with E-state index in [-0.39, 0.29) is 0 Å². The van der Waals surface area contributed by atoms with E-state index >= 15 is 0 Å². The van der Waals surface area contributed by atoms with Crippen molar-refractivity contribution in [2.75, 3.05) is 44.2 Å². The van der Waals surface area contributed by atoms with Gasteiger partial charge in [-0.25, -0.2) is 4.98 Å². The molecule has 174 valence electrons. The third-order valence-electron chi connectivity index (χ3n) is 7.01. The fraction of sp³-hybridized carbons (Fsp3) is 0.500. The fourth-order valence-corrected chi connectivity index (χ4v) is 5.05. The lowest BCUT2D eigenvalue weighted by atomic mass is 10.0. The predicted octanol–water partition coefficient (Wildman–Crippen LogP) is 4.18. The monoisotopic (exact) mass is 446 g/mol. The minimum Gasteiger partial charge on any atom is -0.355 e. The van der Waals surface area contributed by atoms with Gasteiger partial charge in [0.1, 0.15) is 11.5 Å². The molecular formula is C26H34N6O. The Morgan fingerprint density at radius 3 is 2.45 bits per heavy atom. The Morgan fingerprint density at radius 1 is 0.848 bits per heavy atom. The van der Waals surface area contributed by atoms with Gasteiger partial charge in [-0.2, -0.15) is 4.98 Å². The standard InChI is InChI=1S/C26H34N6O/c1-20(2)30-16-12-22(13-17-30)31-14-7-15-32(19-18-31)24-11-6-10-23(27-24)25-28-26(33-29-25)21-8-4-3-5-9-21/h3-6,8-11,20,22H,7,12-19H2,1-2H3. The summed E-state index contributed by atoms with van der Waals surface area (Å²) in [6, 6.07) is 17.3. The predicted molar refractivity (Wildman–Crippen MR) is 131 cm³/mol. The van der Waals surface area contributed by atoms with Crippen LogP contribution in [0.15, 0.2) is 53.1 Å². The normalized spacial score (nSPS) is 19.2. The summed E-state index contributed by atoms with van der Waals surface area (Å²) < 4.78 is 5.49. The van der Waals surface area contributed by atoms with Crippen molar-refractivity contribution in [3.63, 3.8) is 0 Å². The van der Waals surface area contributed by atoms with E-state index in [0.29, 0.717) is 17.8 Å². The van der Waals surface area contributed by atoms with Crippen molar-refractivity contribution in [1.29, 1.82) is 0 Å². The maximum absolute atomic E-state index is 5.49. The Hall–Kier alpha value is -2.77. The van der Waals surface area contributed by atoms with Crippen molar-refractivity contribution in [2.24, 2.45) is 0 Å². The first-order valence-corrected chi connectivity index (χ1v) is 12.3. The molecule has 2 fully saturated rings. The Balaban J connectivity index is 1.24. The molecule has 0 unspecified atom stereocenters. The highest BCUT2D eigenvalue weighted by molar-refractivity contribution is 5.58. The maximum Gasteiger partial charge on any atom is 0.258 e. The van der Waals surface area contributed by atoms with Crippen molar-refractivity contribution in [1.82, 2.24) is 24.9 Å². The molecular weight excluding hydrogens is 412 g/mol.